The monoisotopic (exact) mass is 392 g/mol. The molecule has 26 heavy (non-hydrogen) atoms. The summed E-state index contributed by atoms with van der Waals surface area (Å²) in [7, 11) is 0. The maximum absolute atomic E-state index is 13.1. The summed E-state index contributed by atoms with van der Waals surface area (Å²) in [6, 6.07) is 12.6. The van der Waals surface area contributed by atoms with Crippen LogP contribution in [0.3, 0.4) is 0 Å². The molecule has 138 valence electrons. The number of fused-ring (bicyclic) bond motifs is 1. The Hall–Kier alpha value is -1.59. The molecule has 0 fully saturated rings. The lowest BCUT2D eigenvalue weighted by Crippen LogP contribution is -2.56. The van der Waals surface area contributed by atoms with Crippen LogP contribution in [0.4, 0.5) is 5.69 Å². The van der Waals surface area contributed by atoms with Crippen LogP contribution in [0.2, 0.25) is 10.0 Å². The van der Waals surface area contributed by atoms with Gasteiger partial charge in [0.2, 0.25) is 5.91 Å². The molecule has 2 aromatic rings. The Morgan fingerprint density at radius 3 is 2.54 bits per heavy atom. The van der Waals surface area contributed by atoms with Crippen molar-refractivity contribution in [3.63, 3.8) is 0 Å². The summed E-state index contributed by atoms with van der Waals surface area (Å²) in [6.07, 6.45) is 0.414. The Kier molecular flexibility index (Phi) is 5.58. The Balaban J connectivity index is 2.09. The van der Waals surface area contributed by atoms with E-state index in [1.54, 1.807) is 18.2 Å². The molecular weight excluding hydrogens is 371 g/mol. The van der Waals surface area contributed by atoms with E-state index in [-0.39, 0.29) is 24.5 Å². The average molecular weight is 393 g/mol. The van der Waals surface area contributed by atoms with E-state index in [2.05, 4.69) is 10.6 Å². The van der Waals surface area contributed by atoms with Crippen molar-refractivity contribution < 1.29 is 9.90 Å². The van der Waals surface area contributed by atoms with Crippen LogP contribution < -0.4 is 10.6 Å². The molecule has 0 spiro atoms. The van der Waals surface area contributed by atoms with Crippen molar-refractivity contribution in [3.8, 4) is 0 Å². The number of hydrogen-bond acceptors (Lipinski definition) is 3. The lowest BCUT2D eigenvalue weighted by atomic mass is 9.83. The molecule has 0 saturated carbocycles. The number of carbonyl (C=O) groups is 1. The maximum Gasteiger partial charge on any atom is 0.249 e. The van der Waals surface area contributed by atoms with Crippen LogP contribution >= 0.6 is 23.2 Å². The molecule has 0 aliphatic carbocycles. The zero-order valence-corrected chi connectivity index (χ0v) is 16.2. The fourth-order valence-corrected chi connectivity index (χ4v) is 3.79. The number of anilines is 1. The lowest BCUT2D eigenvalue weighted by molar-refractivity contribution is -0.122. The highest BCUT2D eigenvalue weighted by Gasteiger charge is 2.48. The van der Waals surface area contributed by atoms with Gasteiger partial charge < -0.3 is 10.4 Å². The zero-order valence-electron chi connectivity index (χ0n) is 14.7. The fourth-order valence-electron chi connectivity index (χ4n) is 3.41. The number of carbonyl (C=O) groups excluding carboxylic acids is 1. The Morgan fingerprint density at radius 2 is 1.88 bits per heavy atom. The number of aliphatic hydroxyl groups is 1. The van der Waals surface area contributed by atoms with Gasteiger partial charge in [-0.05, 0) is 35.7 Å². The van der Waals surface area contributed by atoms with E-state index >= 15 is 0 Å². The minimum Gasteiger partial charge on any atom is -0.395 e. The van der Waals surface area contributed by atoms with E-state index in [1.807, 2.05) is 38.1 Å². The number of aliphatic hydroxyl groups excluding tert-OH is 1. The smallest absolute Gasteiger partial charge is 0.249 e. The lowest BCUT2D eigenvalue weighted by Gasteiger charge is -2.35. The predicted molar refractivity (Wildman–Crippen MR) is 106 cm³/mol. The van der Waals surface area contributed by atoms with E-state index in [4.69, 9.17) is 23.2 Å². The number of benzene rings is 2. The largest absolute Gasteiger partial charge is 0.395 e. The summed E-state index contributed by atoms with van der Waals surface area (Å²) in [5, 5.41) is 17.4. The minimum atomic E-state index is -0.998. The second-order valence-electron chi connectivity index (χ2n) is 7.03. The predicted octanol–water partition coefficient (Wildman–Crippen LogP) is 3.99. The van der Waals surface area contributed by atoms with Crippen LogP contribution in [-0.2, 0) is 16.8 Å². The van der Waals surface area contributed by atoms with Crippen LogP contribution in [-0.4, -0.2) is 23.7 Å². The highest BCUT2D eigenvalue weighted by atomic mass is 35.5. The average Bonchev–Trinajstić information content (AvgIpc) is 2.83. The van der Waals surface area contributed by atoms with Gasteiger partial charge in [0, 0.05) is 33.8 Å². The van der Waals surface area contributed by atoms with Crippen LogP contribution in [0.1, 0.15) is 25.0 Å². The van der Waals surface area contributed by atoms with Crippen LogP contribution in [0.15, 0.2) is 42.5 Å². The molecule has 1 amide bonds. The molecule has 2 aromatic carbocycles. The third-order valence-corrected chi connectivity index (χ3v) is 5.34. The van der Waals surface area contributed by atoms with E-state index in [9.17, 15) is 9.90 Å². The van der Waals surface area contributed by atoms with Crippen LogP contribution in [0, 0.1) is 5.92 Å². The van der Waals surface area contributed by atoms with Crippen molar-refractivity contribution in [2.75, 3.05) is 11.9 Å². The maximum atomic E-state index is 13.1. The van der Waals surface area contributed by atoms with E-state index in [0.29, 0.717) is 22.2 Å². The Bertz CT molecular complexity index is 825. The van der Waals surface area contributed by atoms with Gasteiger partial charge in [-0.15, -0.1) is 0 Å². The van der Waals surface area contributed by atoms with Gasteiger partial charge in [0.05, 0.1) is 6.61 Å². The zero-order chi connectivity index (χ0) is 18.9. The van der Waals surface area contributed by atoms with E-state index in [0.717, 1.165) is 11.1 Å². The van der Waals surface area contributed by atoms with Gasteiger partial charge in [-0.25, -0.2) is 0 Å². The Labute approximate surface area is 163 Å². The number of hydrogen-bond donors (Lipinski definition) is 3. The molecule has 3 N–H and O–H groups in total. The summed E-state index contributed by atoms with van der Waals surface area (Å²) in [5.41, 5.74) is 1.45. The van der Waals surface area contributed by atoms with Crippen molar-refractivity contribution in [2.24, 2.45) is 5.92 Å². The van der Waals surface area contributed by atoms with Gasteiger partial charge in [-0.1, -0.05) is 55.2 Å². The van der Waals surface area contributed by atoms with Crippen molar-refractivity contribution in [1.82, 2.24) is 5.32 Å². The first-order valence-corrected chi connectivity index (χ1v) is 9.36. The molecule has 1 aliphatic rings. The molecule has 2 unspecified atom stereocenters. The first-order chi connectivity index (χ1) is 12.4. The molecule has 0 aromatic heterocycles. The van der Waals surface area contributed by atoms with Crippen LogP contribution in [0.25, 0.3) is 0 Å². The van der Waals surface area contributed by atoms with Crippen molar-refractivity contribution in [1.29, 1.82) is 0 Å². The highest BCUT2D eigenvalue weighted by Crippen LogP contribution is 2.40. The number of rotatable bonds is 6. The minimum absolute atomic E-state index is 0.0643. The van der Waals surface area contributed by atoms with Gasteiger partial charge in [0.25, 0.3) is 0 Å². The third-order valence-electron chi connectivity index (χ3n) is 4.87. The number of halogens is 2. The number of amides is 1. The molecule has 6 heteroatoms. The molecule has 3 rings (SSSR count). The molecule has 0 saturated heterocycles. The SMILES string of the molecule is CC(C)C(CO)NC1(Cc2cccc(Cl)c2)C(=O)Nc2cc(Cl)ccc21. The van der Waals surface area contributed by atoms with Gasteiger partial charge in [-0.3, -0.25) is 10.1 Å². The second-order valence-corrected chi connectivity index (χ2v) is 7.91. The van der Waals surface area contributed by atoms with Gasteiger partial charge in [-0.2, -0.15) is 0 Å². The molecular formula is C20H22Cl2N2O2. The molecule has 1 heterocycles. The second kappa shape index (κ2) is 7.57. The molecule has 0 bridgehead atoms. The fraction of sp³-hybridized carbons (Fsp3) is 0.350. The normalized spacial score (nSPS) is 20.2. The highest BCUT2D eigenvalue weighted by molar-refractivity contribution is 6.31. The van der Waals surface area contributed by atoms with Crippen molar-refractivity contribution in [2.45, 2.75) is 31.8 Å². The van der Waals surface area contributed by atoms with Gasteiger partial charge in [0.15, 0.2) is 0 Å². The summed E-state index contributed by atoms with van der Waals surface area (Å²) in [5.74, 6) is -0.00534. The van der Waals surface area contributed by atoms with Crippen molar-refractivity contribution >= 4 is 34.8 Å². The standard InChI is InChI=1S/C20H22Cl2N2O2/c1-12(2)18(11-25)24-20(10-13-4-3-5-14(21)8-13)16-7-6-15(22)9-17(16)23-19(20)26/h3-9,12,18,24-25H,10-11H2,1-2H3,(H,23,26). The number of nitrogens with one attached hydrogen (secondary N) is 2. The topological polar surface area (TPSA) is 61.4 Å². The first-order valence-electron chi connectivity index (χ1n) is 8.60. The van der Waals surface area contributed by atoms with Gasteiger partial charge >= 0.3 is 0 Å². The third kappa shape index (κ3) is 3.60. The van der Waals surface area contributed by atoms with Crippen LogP contribution in [0.5, 0.6) is 0 Å². The summed E-state index contributed by atoms with van der Waals surface area (Å²) >= 11 is 12.2. The Morgan fingerprint density at radius 1 is 1.15 bits per heavy atom. The van der Waals surface area contributed by atoms with Gasteiger partial charge in [0.1, 0.15) is 5.54 Å². The van der Waals surface area contributed by atoms with E-state index < -0.39 is 5.54 Å². The first kappa shape index (κ1) is 19.2. The molecule has 1 aliphatic heterocycles. The summed E-state index contributed by atoms with van der Waals surface area (Å²) in [6.45, 7) is 3.96. The molecule has 4 nitrogen and oxygen atoms in total. The summed E-state index contributed by atoms with van der Waals surface area (Å²) in [4.78, 5) is 13.1. The summed E-state index contributed by atoms with van der Waals surface area (Å²) < 4.78 is 0. The van der Waals surface area contributed by atoms with Crippen molar-refractivity contribution in [3.05, 3.63) is 63.6 Å². The van der Waals surface area contributed by atoms with E-state index in [1.165, 1.54) is 0 Å². The molecule has 2 atom stereocenters. The molecule has 0 radical (unpaired) electrons. The quantitative estimate of drug-likeness (QED) is 0.696.